The third-order valence-electron chi connectivity index (χ3n) is 6.40. The van der Waals surface area contributed by atoms with Crippen LogP contribution in [0.15, 0.2) is 30.3 Å². The normalized spacial score (nSPS) is 27.7. The van der Waals surface area contributed by atoms with Gasteiger partial charge in [0.05, 0.1) is 12.1 Å². The predicted molar refractivity (Wildman–Crippen MR) is 113 cm³/mol. The largest absolute Gasteiger partial charge is 0.334 e. The molecule has 3 aliphatic heterocycles. The van der Waals surface area contributed by atoms with Crippen LogP contribution < -0.4 is 10.6 Å². The van der Waals surface area contributed by atoms with E-state index in [2.05, 4.69) is 39.8 Å². The van der Waals surface area contributed by atoms with Crippen molar-refractivity contribution in [2.45, 2.75) is 63.8 Å². The van der Waals surface area contributed by atoms with Crippen molar-refractivity contribution in [1.29, 1.82) is 0 Å². The van der Waals surface area contributed by atoms with Crippen molar-refractivity contribution in [1.82, 2.24) is 25.3 Å². The van der Waals surface area contributed by atoms with E-state index in [-0.39, 0.29) is 36.2 Å². The molecule has 4 amide bonds. The Kier molecular flexibility index (Phi) is 5.94. The number of nitrogens with zero attached hydrogens (tertiary/aromatic N) is 3. The topological polar surface area (TPSA) is 67.9 Å². The van der Waals surface area contributed by atoms with E-state index in [1.165, 1.54) is 5.56 Å². The summed E-state index contributed by atoms with van der Waals surface area (Å²) in [6, 6.07) is 11.1. The highest BCUT2D eigenvalue weighted by molar-refractivity contribution is 5.79. The molecule has 3 heterocycles. The van der Waals surface area contributed by atoms with Gasteiger partial charge in [-0.15, -0.1) is 0 Å². The molecule has 3 aliphatic rings. The van der Waals surface area contributed by atoms with Crippen LogP contribution in [0.2, 0.25) is 0 Å². The molecule has 29 heavy (non-hydrogen) atoms. The minimum absolute atomic E-state index is 0.00101. The van der Waals surface area contributed by atoms with Crippen molar-refractivity contribution >= 4 is 12.1 Å². The molecule has 0 spiro atoms. The number of piperidine rings is 2. The van der Waals surface area contributed by atoms with Gasteiger partial charge < -0.3 is 20.4 Å². The standard InChI is InChI=1S/C22H33N5O2/c1-16(2)27-20-10-12-26(15-19(20)24-22(27)29)21(28)23-18-9-6-11-25(14-18)13-17-7-4-3-5-8-17/h3-5,7-8,16,18-20H,6,9-15H2,1-2H3,(H,23,28)(H,24,29)/t18?,19-,20+/m1/s1. The van der Waals surface area contributed by atoms with Crippen LogP contribution >= 0.6 is 0 Å². The molecule has 0 saturated carbocycles. The summed E-state index contributed by atoms with van der Waals surface area (Å²) >= 11 is 0. The molecule has 0 aromatic heterocycles. The number of rotatable bonds is 4. The first-order valence-electron chi connectivity index (χ1n) is 10.9. The number of benzene rings is 1. The number of urea groups is 2. The van der Waals surface area contributed by atoms with E-state index >= 15 is 0 Å². The Bertz CT molecular complexity index is 725. The van der Waals surface area contributed by atoms with Gasteiger partial charge in [0.15, 0.2) is 0 Å². The first-order chi connectivity index (χ1) is 14.0. The Morgan fingerprint density at radius 2 is 1.97 bits per heavy atom. The first-order valence-corrected chi connectivity index (χ1v) is 10.9. The van der Waals surface area contributed by atoms with Crippen LogP contribution in [0, 0.1) is 0 Å². The van der Waals surface area contributed by atoms with E-state index in [9.17, 15) is 9.59 Å². The third kappa shape index (κ3) is 4.50. The maximum Gasteiger partial charge on any atom is 0.318 e. The van der Waals surface area contributed by atoms with Crippen molar-refractivity contribution < 1.29 is 9.59 Å². The Balaban J connectivity index is 1.29. The van der Waals surface area contributed by atoms with Crippen LogP contribution in [0.1, 0.15) is 38.7 Å². The summed E-state index contributed by atoms with van der Waals surface area (Å²) in [4.78, 5) is 31.4. The number of amides is 4. The van der Waals surface area contributed by atoms with Gasteiger partial charge in [0.25, 0.3) is 0 Å². The van der Waals surface area contributed by atoms with Crippen molar-refractivity contribution in [3.05, 3.63) is 35.9 Å². The average Bonchev–Trinajstić information content (AvgIpc) is 3.04. The van der Waals surface area contributed by atoms with Gasteiger partial charge in [0.2, 0.25) is 0 Å². The van der Waals surface area contributed by atoms with Crippen LogP contribution in [0.3, 0.4) is 0 Å². The zero-order valence-corrected chi connectivity index (χ0v) is 17.5. The predicted octanol–water partition coefficient (Wildman–Crippen LogP) is 2.24. The quantitative estimate of drug-likeness (QED) is 0.816. The zero-order valence-electron chi connectivity index (χ0n) is 17.5. The van der Waals surface area contributed by atoms with Gasteiger partial charge in [-0.25, -0.2) is 9.59 Å². The lowest BCUT2D eigenvalue weighted by molar-refractivity contribution is 0.126. The van der Waals surface area contributed by atoms with Gasteiger partial charge in [-0.3, -0.25) is 4.90 Å². The lowest BCUT2D eigenvalue weighted by Crippen LogP contribution is -2.58. The molecule has 2 N–H and O–H groups in total. The molecular formula is C22H33N5O2. The Hall–Kier alpha value is -2.28. The summed E-state index contributed by atoms with van der Waals surface area (Å²) in [6.07, 6.45) is 2.95. The summed E-state index contributed by atoms with van der Waals surface area (Å²) < 4.78 is 0. The molecule has 158 valence electrons. The molecule has 3 atom stereocenters. The average molecular weight is 400 g/mol. The summed E-state index contributed by atoms with van der Waals surface area (Å²) in [5, 5.41) is 6.32. The number of carbonyl (C=O) groups excluding carboxylic acids is 2. The van der Waals surface area contributed by atoms with Crippen molar-refractivity contribution in [3.63, 3.8) is 0 Å². The van der Waals surface area contributed by atoms with Crippen molar-refractivity contribution in [2.24, 2.45) is 0 Å². The van der Waals surface area contributed by atoms with Gasteiger partial charge in [0, 0.05) is 38.3 Å². The second-order valence-electron chi connectivity index (χ2n) is 8.87. The van der Waals surface area contributed by atoms with E-state index in [0.717, 1.165) is 38.9 Å². The maximum absolute atomic E-state index is 12.9. The highest BCUT2D eigenvalue weighted by atomic mass is 16.2. The summed E-state index contributed by atoms with van der Waals surface area (Å²) in [7, 11) is 0. The van der Waals surface area contributed by atoms with E-state index < -0.39 is 0 Å². The smallest absolute Gasteiger partial charge is 0.318 e. The second kappa shape index (κ2) is 8.61. The number of hydrogen-bond donors (Lipinski definition) is 2. The summed E-state index contributed by atoms with van der Waals surface area (Å²) in [6.45, 7) is 8.27. The van der Waals surface area contributed by atoms with Crippen LogP contribution in [-0.2, 0) is 6.54 Å². The molecule has 4 rings (SSSR count). The van der Waals surface area contributed by atoms with Crippen LogP contribution in [0.5, 0.6) is 0 Å². The van der Waals surface area contributed by atoms with Crippen LogP contribution in [-0.4, -0.2) is 77.1 Å². The van der Waals surface area contributed by atoms with Gasteiger partial charge >= 0.3 is 12.1 Å². The van der Waals surface area contributed by atoms with Crippen LogP contribution in [0.25, 0.3) is 0 Å². The minimum atomic E-state index is 0.00101. The number of nitrogens with one attached hydrogen (secondary N) is 2. The summed E-state index contributed by atoms with van der Waals surface area (Å²) in [5.41, 5.74) is 1.31. The first kappa shape index (κ1) is 20.0. The monoisotopic (exact) mass is 399 g/mol. The molecule has 0 bridgehead atoms. The molecule has 3 saturated heterocycles. The molecule has 3 fully saturated rings. The van der Waals surface area contributed by atoms with E-state index in [1.807, 2.05) is 29.7 Å². The number of hydrogen-bond acceptors (Lipinski definition) is 3. The van der Waals surface area contributed by atoms with Crippen molar-refractivity contribution in [2.75, 3.05) is 26.2 Å². The highest BCUT2D eigenvalue weighted by Crippen LogP contribution is 2.25. The third-order valence-corrected chi connectivity index (χ3v) is 6.40. The fourth-order valence-electron chi connectivity index (χ4n) is 5.02. The molecule has 7 nitrogen and oxygen atoms in total. The zero-order chi connectivity index (χ0) is 20.4. The molecule has 0 radical (unpaired) electrons. The Labute approximate surface area is 173 Å². The van der Waals surface area contributed by atoms with Gasteiger partial charge in [-0.2, -0.15) is 0 Å². The molecule has 0 aliphatic carbocycles. The van der Waals surface area contributed by atoms with Crippen molar-refractivity contribution in [3.8, 4) is 0 Å². The SMILES string of the molecule is CC(C)N1C(=O)N[C@@H]2CN(C(=O)NC3CCCN(Cc4ccccc4)C3)CC[C@@H]21. The molecular weight excluding hydrogens is 366 g/mol. The highest BCUT2D eigenvalue weighted by Gasteiger charge is 2.44. The lowest BCUT2D eigenvalue weighted by atomic mass is 9.99. The van der Waals surface area contributed by atoms with E-state index in [4.69, 9.17) is 0 Å². The van der Waals surface area contributed by atoms with Gasteiger partial charge in [-0.05, 0) is 45.2 Å². The summed E-state index contributed by atoms with van der Waals surface area (Å²) in [5.74, 6) is 0. The fourth-order valence-corrected chi connectivity index (χ4v) is 5.02. The van der Waals surface area contributed by atoms with Gasteiger partial charge in [0.1, 0.15) is 0 Å². The molecule has 1 unspecified atom stereocenters. The second-order valence-corrected chi connectivity index (χ2v) is 8.87. The fraction of sp³-hybridized carbons (Fsp3) is 0.636. The van der Waals surface area contributed by atoms with Gasteiger partial charge in [-0.1, -0.05) is 30.3 Å². The molecule has 1 aromatic rings. The van der Waals surface area contributed by atoms with Crippen LogP contribution in [0.4, 0.5) is 9.59 Å². The number of carbonyl (C=O) groups is 2. The number of fused-ring (bicyclic) bond motifs is 1. The number of likely N-dealkylation sites (tertiary alicyclic amines) is 2. The Morgan fingerprint density at radius 1 is 1.17 bits per heavy atom. The lowest BCUT2D eigenvalue weighted by Gasteiger charge is -2.39. The van der Waals surface area contributed by atoms with E-state index in [0.29, 0.717) is 13.1 Å². The van der Waals surface area contributed by atoms with E-state index in [1.54, 1.807) is 0 Å². The maximum atomic E-state index is 12.9. The Morgan fingerprint density at radius 3 is 2.72 bits per heavy atom. The molecule has 7 heteroatoms. The minimum Gasteiger partial charge on any atom is -0.334 e. The molecule has 1 aromatic carbocycles.